The summed E-state index contributed by atoms with van der Waals surface area (Å²) in [5.41, 5.74) is 2.03. The van der Waals surface area contributed by atoms with Gasteiger partial charge in [0.15, 0.2) is 0 Å². The van der Waals surface area contributed by atoms with Crippen molar-refractivity contribution in [2.24, 2.45) is 0 Å². The van der Waals surface area contributed by atoms with Crippen molar-refractivity contribution in [3.8, 4) is 0 Å². The van der Waals surface area contributed by atoms with Gasteiger partial charge in [0.25, 0.3) is 0 Å². The molecule has 0 spiro atoms. The zero-order valence-corrected chi connectivity index (χ0v) is 9.66. The summed E-state index contributed by atoms with van der Waals surface area (Å²) in [7, 11) is 0. The summed E-state index contributed by atoms with van der Waals surface area (Å²) in [5.74, 6) is -0.901. The van der Waals surface area contributed by atoms with Crippen molar-refractivity contribution in [3.63, 3.8) is 0 Å². The molecule has 0 aromatic carbocycles. The normalized spacial score (nSPS) is 14.6. The second-order valence-corrected chi connectivity index (χ2v) is 2.48. The minimum atomic E-state index is -0.901. The Hall–Kier alpha value is 0.350. The molecule has 0 aliphatic heterocycles. The number of carboxylic acids is 1. The van der Waals surface area contributed by atoms with E-state index in [2.05, 4.69) is 5.32 Å². The number of carboxylic acid groups (broad SMARTS) is 1. The number of aliphatic carboxylic acids is 1. The first-order valence-electron chi connectivity index (χ1n) is 3.42. The summed E-state index contributed by atoms with van der Waals surface area (Å²) < 4.78 is 0. The smallest absolute Gasteiger partial charge is 1.00 e. The molecule has 0 saturated carbocycles. The fraction of sp³-hybridized carbons (Fsp3) is 0.833. The largest absolute Gasteiger partial charge is 1.00 e. The molecule has 0 amide bonds. The van der Waals surface area contributed by atoms with Crippen molar-refractivity contribution >= 4 is 5.97 Å². The van der Waals surface area contributed by atoms with Crippen LogP contribution in [0.1, 0.15) is 15.3 Å². The summed E-state index contributed by atoms with van der Waals surface area (Å²) >= 11 is 0. The maximum atomic E-state index is 10.1. The molecule has 6 heteroatoms. The Morgan fingerprint density at radius 2 is 2.00 bits per heavy atom. The topological polar surface area (TPSA) is 81.6 Å². The van der Waals surface area contributed by atoms with Crippen LogP contribution in [-0.2, 0) is 4.79 Å². The van der Waals surface area contributed by atoms with Crippen LogP contribution in [-0.4, -0.2) is 34.9 Å². The van der Waals surface area contributed by atoms with Crippen molar-refractivity contribution in [1.82, 2.24) is 10.8 Å². The molecule has 2 unspecified atom stereocenters. The van der Waals surface area contributed by atoms with E-state index in [1.807, 2.05) is 5.48 Å². The minimum absolute atomic E-state index is 0. The standard InChI is InChI=1S/C6H14N2O3.Na.H/c1-4(5(2)8-11)7-3-6(9)10;;/h4-5,7-8,11H,3H2,1-2H3,(H,9,10);;/q;+1;-1. The van der Waals surface area contributed by atoms with Crippen LogP contribution in [0.4, 0.5) is 0 Å². The van der Waals surface area contributed by atoms with Crippen molar-refractivity contribution in [2.45, 2.75) is 25.9 Å². The molecule has 0 aromatic heterocycles. The Kier molecular flexibility index (Phi) is 9.87. The molecule has 0 aromatic rings. The van der Waals surface area contributed by atoms with Gasteiger partial charge in [-0.05, 0) is 13.8 Å². The molecule has 0 fully saturated rings. The van der Waals surface area contributed by atoms with E-state index in [9.17, 15) is 4.79 Å². The van der Waals surface area contributed by atoms with Crippen LogP contribution < -0.4 is 40.4 Å². The maximum Gasteiger partial charge on any atom is 1.00 e. The van der Waals surface area contributed by atoms with E-state index in [4.69, 9.17) is 10.3 Å². The number of hydrogen-bond acceptors (Lipinski definition) is 4. The number of carbonyl (C=O) groups is 1. The third-order valence-electron chi connectivity index (χ3n) is 1.53. The molecule has 0 rings (SSSR count). The van der Waals surface area contributed by atoms with E-state index in [0.29, 0.717) is 0 Å². The van der Waals surface area contributed by atoms with Crippen LogP contribution in [0.25, 0.3) is 0 Å². The summed E-state index contributed by atoms with van der Waals surface area (Å²) in [4.78, 5) is 10.1. The van der Waals surface area contributed by atoms with Gasteiger partial charge in [-0.25, -0.2) is 5.48 Å². The zero-order chi connectivity index (χ0) is 8.85. The van der Waals surface area contributed by atoms with Crippen LogP contribution in [0, 0.1) is 0 Å². The van der Waals surface area contributed by atoms with Crippen LogP contribution in [0.5, 0.6) is 0 Å². The van der Waals surface area contributed by atoms with Gasteiger partial charge in [-0.2, -0.15) is 0 Å². The van der Waals surface area contributed by atoms with Crippen LogP contribution in [0.2, 0.25) is 0 Å². The molecule has 0 heterocycles. The van der Waals surface area contributed by atoms with Gasteiger partial charge in [-0.1, -0.05) is 0 Å². The molecule has 68 valence electrons. The summed E-state index contributed by atoms with van der Waals surface area (Å²) in [6.07, 6.45) is 0. The van der Waals surface area contributed by atoms with Gasteiger partial charge in [0.1, 0.15) is 0 Å². The molecular formula is C6H15N2NaO3. The second-order valence-electron chi connectivity index (χ2n) is 2.48. The Bertz CT molecular complexity index is 139. The van der Waals surface area contributed by atoms with E-state index in [1.54, 1.807) is 13.8 Å². The molecule has 5 nitrogen and oxygen atoms in total. The van der Waals surface area contributed by atoms with E-state index >= 15 is 0 Å². The Morgan fingerprint density at radius 3 is 2.33 bits per heavy atom. The Morgan fingerprint density at radius 1 is 1.50 bits per heavy atom. The van der Waals surface area contributed by atoms with E-state index in [-0.39, 0.29) is 49.6 Å². The average molecular weight is 186 g/mol. The van der Waals surface area contributed by atoms with E-state index in [1.165, 1.54) is 0 Å². The average Bonchev–Trinajstić information content (AvgIpc) is 1.98. The molecule has 2 atom stereocenters. The molecule has 12 heavy (non-hydrogen) atoms. The van der Waals surface area contributed by atoms with Gasteiger partial charge < -0.3 is 17.1 Å². The van der Waals surface area contributed by atoms with E-state index in [0.717, 1.165) is 0 Å². The summed E-state index contributed by atoms with van der Waals surface area (Å²) in [6, 6.07) is -0.231. The molecule has 0 bridgehead atoms. The van der Waals surface area contributed by atoms with Crippen LogP contribution >= 0.6 is 0 Å². The molecule has 0 radical (unpaired) electrons. The van der Waals surface area contributed by atoms with Crippen molar-refractivity contribution in [3.05, 3.63) is 0 Å². The molecule has 0 aliphatic rings. The monoisotopic (exact) mass is 186 g/mol. The van der Waals surface area contributed by atoms with Gasteiger partial charge in [0.05, 0.1) is 6.54 Å². The third-order valence-corrected chi connectivity index (χ3v) is 1.53. The molecule has 4 N–H and O–H groups in total. The summed E-state index contributed by atoms with van der Waals surface area (Å²) in [5, 5.41) is 19.4. The van der Waals surface area contributed by atoms with Crippen molar-refractivity contribution in [1.29, 1.82) is 0 Å². The van der Waals surface area contributed by atoms with Crippen LogP contribution in [0.3, 0.4) is 0 Å². The first-order valence-corrected chi connectivity index (χ1v) is 3.42. The Labute approximate surface area is 95.3 Å². The third kappa shape index (κ3) is 7.02. The predicted octanol–water partition coefficient (Wildman–Crippen LogP) is -3.47. The SMILES string of the molecule is CC(NO)C(C)NCC(=O)O.[H-].[Na+]. The molecule has 0 aliphatic carbocycles. The van der Waals surface area contributed by atoms with E-state index < -0.39 is 5.97 Å². The van der Waals surface area contributed by atoms with Gasteiger partial charge in [-0.3, -0.25) is 4.79 Å². The number of hydroxylamine groups is 1. The first-order chi connectivity index (χ1) is 5.07. The van der Waals surface area contributed by atoms with Crippen molar-refractivity contribution in [2.75, 3.05) is 6.54 Å². The maximum absolute atomic E-state index is 10.1. The fourth-order valence-electron chi connectivity index (χ4n) is 0.537. The number of nitrogens with one attached hydrogen (secondary N) is 2. The number of rotatable bonds is 5. The van der Waals surface area contributed by atoms with Gasteiger partial charge in [-0.15, -0.1) is 0 Å². The predicted molar refractivity (Wildman–Crippen MR) is 40.6 cm³/mol. The minimum Gasteiger partial charge on any atom is -1.00 e. The van der Waals surface area contributed by atoms with Crippen molar-refractivity contribution < 1.29 is 46.1 Å². The van der Waals surface area contributed by atoms with Gasteiger partial charge >= 0.3 is 35.5 Å². The number of hydrogen-bond donors (Lipinski definition) is 4. The zero-order valence-electron chi connectivity index (χ0n) is 8.66. The fourth-order valence-corrected chi connectivity index (χ4v) is 0.537. The van der Waals surface area contributed by atoms with Gasteiger partial charge in [0, 0.05) is 12.1 Å². The quantitative estimate of drug-likeness (QED) is 0.265. The second kappa shape index (κ2) is 7.97. The summed E-state index contributed by atoms with van der Waals surface area (Å²) in [6.45, 7) is 3.45. The Balaban J connectivity index is -0.000000500. The molecule has 0 saturated heterocycles. The molecular weight excluding hydrogens is 171 g/mol. The first kappa shape index (κ1) is 14.9. The van der Waals surface area contributed by atoms with Crippen LogP contribution in [0.15, 0.2) is 0 Å². The van der Waals surface area contributed by atoms with Gasteiger partial charge in [0.2, 0.25) is 0 Å².